The van der Waals surface area contributed by atoms with Crippen LogP contribution in [-0.2, 0) is 4.79 Å². The normalized spacial score (nSPS) is 19.1. The van der Waals surface area contributed by atoms with Crippen LogP contribution in [0.25, 0.3) is 10.9 Å². The van der Waals surface area contributed by atoms with Gasteiger partial charge in [0.1, 0.15) is 11.6 Å². The lowest BCUT2D eigenvalue weighted by atomic mass is 9.72. The number of nitrogens with zero attached hydrogens (tertiary/aromatic N) is 2. The second-order valence-corrected chi connectivity index (χ2v) is 8.81. The van der Waals surface area contributed by atoms with Crippen molar-refractivity contribution >= 4 is 16.9 Å². The van der Waals surface area contributed by atoms with Crippen molar-refractivity contribution in [2.45, 2.75) is 18.8 Å². The molecule has 3 atom stereocenters. The number of hydrogen-bond donors (Lipinski definition) is 1. The van der Waals surface area contributed by atoms with Gasteiger partial charge in [-0.15, -0.1) is 0 Å². The Kier molecular flexibility index (Phi) is 7.94. The van der Waals surface area contributed by atoms with Crippen molar-refractivity contribution in [1.82, 2.24) is 9.88 Å². The third-order valence-electron chi connectivity index (χ3n) is 6.75. The summed E-state index contributed by atoms with van der Waals surface area (Å²) in [4.78, 5) is 18.7. The molecule has 7 heteroatoms. The van der Waals surface area contributed by atoms with Crippen molar-refractivity contribution in [1.29, 1.82) is 0 Å². The number of fused-ring (bicyclic) bond motifs is 1. The van der Waals surface area contributed by atoms with Gasteiger partial charge in [0.15, 0.2) is 0 Å². The van der Waals surface area contributed by atoms with Crippen LogP contribution in [0.2, 0.25) is 0 Å². The molecule has 1 N–H and O–H groups in total. The molecule has 1 saturated heterocycles. The highest BCUT2D eigenvalue weighted by Gasteiger charge is 2.39. The monoisotopic (exact) mass is 478 g/mol. The van der Waals surface area contributed by atoms with Crippen molar-refractivity contribution in [2.75, 3.05) is 33.4 Å². The SMILES string of the molecule is COc1ccc2nccc([C@H](CCF)[C@H]3CCN(CC#Cc4cccc(F)c4)C[C@@H]3C(=O)O)c2c1. The Balaban J connectivity index is 1.57. The highest BCUT2D eigenvalue weighted by Crippen LogP contribution is 2.41. The number of carbonyl (C=O) groups is 1. The average molecular weight is 479 g/mol. The van der Waals surface area contributed by atoms with Crippen molar-refractivity contribution in [3.05, 3.63) is 71.7 Å². The highest BCUT2D eigenvalue weighted by atomic mass is 19.1. The number of aromatic nitrogens is 1. The van der Waals surface area contributed by atoms with Gasteiger partial charge in [0.2, 0.25) is 0 Å². The van der Waals surface area contributed by atoms with E-state index in [0.717, 1.165) is 16.5 Å². The highest BCUT2D eigenvalue weighted by molar-refractivity contribution is 5.84. The van der Waals surface area contributed by atoms with E-state index in [0.29, 0.717) is 37.4 Å². The van der Waals surface area contributed by atoms with Crippen LogP contribution in [0.3, 0.4) is 0 Å². The topological polar surface area (TPSA) is 62.7 Å². The van der Waals surface area contributed by atoms with Crippen molar-refractivity contribution < 1.29 is 23.4 Å². The van der Waals surface area contributed by atoms with E-state index in [1.807, 2.05) is 29.2 Å². The molecule has 35 heavy (non-hydrogen) atoms. The zero-order valence-corrected chi connectivity index (χ0v) is 19.6. The Bertz CT molecular complexity index is 1250. The summed E-state index contributed by atoms with van der Waals surface area (Å²) in [6, 6.07) is 13.5. The Hall–Kier alpha value is -3.50. The molecule has 0 aliphatic carbocycles. The second-order valence-electron chi connectivity index (χ2n) is 8.81. The number of rotatable bonds is 7. The summed E-state index contributed by atoms with van der Waals surface area (Å²) in [5.74, 6) is 4.25. The molecule has 0 amide bonds. The molecule has 0 bridgehead atoms. The standard InChI is InChI=1S/C28H28F2N2O3/c1-35-21-7-8-27-25(17-21)23(10-13-31-27)22(9-12-29)24-11-15-32(18-26(24)28(33)34)14-3-5-19-4-2-6-20(30)16-19/h2,4,6-8,10,13,16-17,22,24,26H,9,11-12,14-15,18H2,1H3,(H,33,34)/t22-,24+,26-/m0/s1. The van der Waals surface area contributed by atoms with E-state index in [1.165, 1.54) is 12.1 Å². The first-order chi connectivity index (χ1) is 17.0. The Labute approximate surface area is 203 Å². The number of alkyl halides is 1. The van der Waals surface area contributed by atoms with Crippen LogP contribution in [0.4, 0.5) is 8.78 Å². The van der Waals surface area contributed by atoms with Crippen LogP contribution in [0, 0.1) is 29.5 Å². The van der Waals surface area contributed by atoms with Gasteiger partial charge in [-0.3, -0.25) is 19.1 Å². The van der Waals surface area contributed by atoms with E-state index in [9.17, 15) is 18.7 Å². The van der Waals surface area contributed by atoms with Gasteiger partial charge in [0.05, 0.1) is 31.8 Å². The molecular weight excluding hydrogens is 450 g/mol. The number of carboxylic acid groups (broad SMARTS) is 1. The number of benzene rings is 2. The van der Waals surface area contributed by atoms with E-state index in [4.69, 9.17) is 4.74 Å². The minimum Gasteiger partial charge on any atom is -0.497 e. The van der Waals surface area contributed by atoms with Crippen LogP contribution in [0.1, 0.15) is 29.9 Å². The quantitative estimate of drug-likeness (QED) is 0.490. The number of hydrogen-bond acceptors (Lipinski definition) is 4. The summed E-state index contributed by atoms with van der Waals surface area (Å²) < 4.78 is 32.5. The number of aliphatic carboxylic acids is 1. The van der Waals surface area contributed by atoms with Gasteiger partial charge in [-0.1, -0.05) is 17.9 Å². The van der Waals surface area contributed by atoms with Crippen LogP contribution in [0.5, 0.6) is 5.75 Å². The van der Waals surface area contributed by atoms with Crippen molar-refractivity contribution in [2.24, 2.45) is 11.8 Å². The van der Waals surface area contributed by atoms with E-state index in [2.05, 4.69) is 16.8 Å². The van der Waals surface area contributed by atoms with Gasteiger partial charge < -0.3 is 9.84 Å². The van der Waals surface area contributed by atoms with Crippen LogP contribution < -0.4 is 4.74 Å². The van der Waals surface area contributed by atoms with E-state index < -0.39 is 18.6 Å². The smallest absolute Gasteiger partial charge is 0.308 e. The van der Waals surface area contributed by atoms with Gasteiger partial charge in [-0.05, 0) is 79.3 Å². The molecule has 1 fully saturated rings. The largest absolute Gasteiger partial charge is 0.497 e. The fourth-order valence-corrected chi connectivity index (χ4v) is 5.06. The maximum absolute atomic E-state index is 13.7. The lowest BCUT2D eigenvalue weighted by Crippen LogP contribution is -2.46. The molecule has 2 heterocycles. The Morgan fingerprint density at radius 3 is 2.89 bits per heavy atom. The fourth-order valence-electron chi connectivity index (χ4n) is 5.06. The Morgan fingerprint density at radius 2 is 2.14 bits per heavy atom. The number of pyridine rings is 1. The van der Waals surface area contributed by atoms with Crippen molar-refractivity contribution in [3.8, 4) is 17.6 Å². The third kappa shape index (κ3) is 5.77. The summed E-state index contributed by atoms with van der Waals surface area (Å²) in [6.45, 7) is 0.828. The molecule has 0 saturated carbocycles. The number of carboxylic acids is 1. The second kappa shape index (κ2) is 11.3. The first-order valence-corrected chi connectivity index (χ1v) is 11.7. The molecule has 1 aromatic heterocycles. The van der Waals surface area contributed by atoms with Gasteiger partial charge in [0.25, 0.3) is 0 Å². The zero-order chi connectivity index (χ0) is 24.8. The maximum atomic E-state index is 13.7. The molecule has 5 nitrogen and oxygen atoms in total. The summed E-state index contributed by atoms with van der Waals surface area (Å²) in [5, 5.41) is 10.9. The van der Waals surface area contributed by atoms with Gasteiger partial charge in [-0.25, -0.2) is 4.39 Å². The maximum Gasteiger partial charge on any atom is 0.308 e. The number of methoxy groups -OCH3 is 1. The van der Waals surface area contributed by atoms with E-state index in [-0.39, 0.29) is 24.1 Å². The lowest BCUT2D eigenvalue weighted by Gasteiger charge is -2.40. The first-order valence-electron chi connectivity index (χ1n) is 11.7. The number of ether oxygens (including phenoxy) is 1. The molecule has 3 aromatic rings. The van der Waals surface area contributed by atoms with E-state index >= 15 is 0 Å². The van der Waals surface area contributed by atoms with Crippen molar-refractivity contribution in [3.63, 3.8) is 0 Å². The predicted molar refractivity (Wildman–Crippen MR) is 131 cm³/mol. The minimum absolute atomic E-state index is 0.229. The van der Waals surface area contributed by atoms with Gasteiger partial charge >= 0.3 is 5.97 Å². The summed E-state index contributed by atoms with van der Waals surface area (Å²) >= 11 is 0. The molecule has 1 aliphatic heterocycles. The number of likely N-dealkylation sites (tertiary alicyclic amines) is 1. The zero-order valence-electron chi connectivity index (χ0n) is 19.6. The molecule has 2 aromatic carbocycles. The van der Waals surface area contributed by atoms with Gasteiger partial charge in [0, 0.05) is 23.7 Å². The molecule has 4 rings (SSSR count). The molecular formula is C28H28F2N2O3. The number of piperidine rings is 1. The van der Waals surface area contributed by atoms with Crippen LogP contribution in [0.15, 0.2) is 54.7 Å². The molecule has 182 valence electrons. The predicted octanol–water partition coefficient (Wildman–Crippen LogP) is 4.90. The minimum atomic E-state index is -0.891. The fraction of sp³-hybridized carbons (Fsp3) is 0.357. The molecule has 0 radical (unpaired) electrons. The van der Waals surface area contributed by atoms with Crippen LogP contribution in [-0.4, -0.2) is 54.4 Å². The third-order valence-corrected chi connectivity index (χ3v) is 6.75. The summed E-state index contributed by atoms with van der Waals surface area (Å²) in [7, 11) is 1.59. The molecule has 0 unspecified atom stereocenters. The Morgan fingerprint density at radius 1 is 1.29 bits per heavy atom. The average Bonchev–Trinajstić information content (AvgIpc) is 2.87. The number of halogens is 2. The van der Waals surface area contributed by atoms with Gasteiger partial charge in [-0.2, -0.15) is 0 Å². The molecule has 1 aliphatic rings. The summed E-state index contributed by atoms with van der Waals surface area (Å²) in [6.07, 6.45) is 2.55. The van der Waals surface area contributed by atoms with Crippen LogP contribution >= 0.6 is 0 Å². The lowest BCUT2D eigenvalue weighted by molar-refractivity contribution is -0.146. The first kappa shape index (κ1) is 24.6. The summed E-state index contributed by atoms with van der Waals surface area (Å²) in [5.41, 5.74) is 2.25. The molecule has 0 spiro atoms. The van der Waals surface area contributed by atoms with E-state index in [1.54, 1.807) is 25.4 Å².